The lowest BCUT2D eigenvalue weighted by atomic mass is 9.83. The Morgan fingerprint density at radius 1 is 1.29 bits per heavy atom. The van der Waals surface area contributed by atoms with Crippen LogP contribution in [0.25, 0.3) is 0 Å². The van der Waals surface area contributed by atoms with Crippen molar-refractivity contribution in [3.63, 3.8) is 0 Å². The fourth-order valence-corrected chi connectivity index (χ4v) is 3.22. The van der Waals surface area contributed by atoms with Crippen molar-refractivity contribution in [2.24, 2.45) is 17.8 Å². The first-order valence-electron chi connectivity index (χ1n) is 7.08. The maximum atomic E-state index is 12.4. The van der Waals surface area contributed by atoms with Crippen molar-refractivity contribution in [1.82, 2.24) is 10.2 Å². The summed E-state index contributed by atoms with van der Waals surface area (Å²) in [6.45, 7) is 6.42. The molecule has 2 rings (SSSR count). The molecule has 1 N–H and O–H groups in total. The first-order valence-corrected chi connectivity index (χ1v) is 7.08. The average molecular weight is 238 g/mol. The predicted molar refractivity (Wildman–Crippen MR) is 69.7 cm³/mol. The number of nitrogens with zero attached hydrogens (tertiary/aromatic N) is 1. The quantitative estimate of drug-likeness (QED) is 0.814. The Kier molecular flexibility index (Phi) is 4.08. The van der Waals surface area contributed by atoms with Gasteiger partial charge in [0.15, 0.2) is 0 Å². The summed E-state index contributed by atoms with van der Waals surface area (Å²) in [6.07, 6.45) is 5.09. The maximum Gasteiger partial charge on any atom is 0.225 e. The molecule has 0 radical (unpaired) electrons. The highest BCUT2D eigenvalue weighted by Gasteiger charge is 2.34. The van der Waals surface area contributed by atoms with E-state index in [1.165, 1.54) is 25.7 Å². The molecule has 2 fully saturated rings. The van der Waals surface area contributed by atoms with Crippen LogP contribution in [0, 0.1) is 17.8 Å². The Labute approximate surface area is 105 Å². The van der Waals surface area contributed by atoms with Crippen LogP contribution >= 0.6 is 0 Å². The van der Waals surface area contributed by atoms with E-state index in [1.807, 2.05) is 11.9 Å². The maximum absolute atomic E-state index is 12.4. The highest BCUT2D eigenvalue weighted by atomic mass is 16.2. The van der Waals surface area contributed by atoms with Crippen LogP contribution in [0.5, 0.6) is 0 Å². The van der Waals surface area contributed by atoms with Crippen molar-refractivity contribution in [2.45, 2.75) is 45.6 Å². The fourth-order valence-electron chi connectivity index (χ4n) is 3.22. The molecular formula is C14H26N2O. The number of nitrogens with one attached hydrogen (secondary N) is 1. The van der Waals surface area contributed by atoms with E-state index >= 15 is 0 Å². The number of hydrogen-bond acceptors (Lipinski definition) is 2. The van der Waals surface area contributed by atoms with Crippen LogP contribution in [-0.2, 0) is 4.79 Å². The minimum Gasteiger partial charge on any atom is -0.342 e. The van der Waals surface area contributed by atoms with Crippen LogP contribution in [0.4, 0.5) is 0 Å². The van der Waals surface area contributed by atoms with Crippen molar-refractivity contribution in [3.8, 4) is 0 Å². The Morgan fingerprint density at radius 3 is 2.47 bits per heavy atom. The van der Waals surface area contributed by atoms with Crippen molar-refractivity contribution in [3.05, 3.63) is 0 Å². The van der Waals surface area contributed by atoms with E-state index in [4.69, 9.17) is 0 Å². The van der Waals surface area contributed by atoms with Crippen LogP contribution in [0.3, 0.4) is 0 Å². The second-order valence-corrected chi connectivity index (χ2v) is 5.99. The predicted octanol–water partition coefficient (Wildman–Crippen LogP) is 1.88. The van der Waals surface area contributed by atoms with Gasteiger partial charge in [-0.1, -0.05) is 26.7 Å². The van der Waals surface area contributed by atoms with Gasteiger partial charge in [0.2, 0.25) is 5.91 Å². The highest BCUT2D eigenvalue weighted by Crippen LogP contribution is 2.29. The minimum atomic E-state index is 0.190. The third-order valence-electron chi connectivity index (χ3n) is 4.82. The molecule has 0 bridgehead atoms. The van der Waals surface area contributed by atoms with E-state index < -0.39 is 0 Å². The van der Waals surface area contributed by atoms with Crippen molar-refractivity contribution in [1.29, 1.82) is 0 Å². The Balaban J connectivity index is 1.92. The smallest absolute Gasteiger partial charge is 0.225 e. The van der Waals surface area contributed by atoms with Gasteiger partial charge >= 0.3 is 0 Å². The van der Waals surface area contributed by atoms with Crippen molar-refractivity contribution in [2.75, 3.05) is 20.1 Å². The second-order valence-electron chi connectivity index (χ2n) is 5.99. The summed E-state index contributed by atoms with van der Waals surface area (Å²) >= 11 is 0. The molecule has 3 nitrogen and oxygen atoms in total. The van der Waals surface area contributed by atoms with Gasteiger partial charge in [0.05, 0.1) is 0 Å². The summed E-state index contributed by atoms with van der Waals surface area (Å²) in [5.74, 6) is 1.78. The average Bonchev–Trinajstić information content (AvgIpc) is 2.25. The summed E-state index contributed by atoms with van der Waals surface area (Å²) in [6, 6.07) is 0.478. The molecule has 0 aromatic heterocycles. The molecule has 1 aliphatic carbocycles. The van der Waals surface area contributed by atoms with Gasteiger partial charge in [-0.25, -0.2) is 0 Å². The van der Waals surface area contributed by atoms with E-state index in [0.717, 1.165) is 13.1 Å². The minimum absolute atomic E-state index is 0.190. The third-order valence-corrected chi connectivity index (χ3v) is 4.82. The lowest BCUT2D eigenvalue weighted by Gasteiger charge is -2.40. The molecule has 3 atom stereocenters. The van der Waals surface area contributed by atoms with Crippen LogP contribution in [0.15, 0.2) is 0 Å². The van der Waals surface area contributed by atoms with Gasteiger partial charge in [0.1, 0.15) is 0 Å². The summed E-state index contributed by atoms with van der Waals surface area (Å²) in [7, 11) is 2.01. The Hall–Kier alpha value is -0.570. The van der Waals surface area contributed by atoms with Crippen LogP contribution < -0.4 is 5.32 Å². The zero-order chi connectivity index (χ0) is 12.4. The molecule has 1 heterocycles. The fraction of sp³-hybridized carbons (Fsp3) is 0.929. The molecule has 1 aliphatic heterocycles. The first kappa shape index (κ1) is 12.9. The van der Waals surface area contributed by atoms with Crippen LogP contribution in [0.1, 0.15) is 39.5 Å². The standard InChI is InChI=1S/C14H26N2O/c1-10-6-4-5-7-13(10)16(3)14(17)11(2)12-8-15-9-12/h10-13,15H,4-9H2,1-3H3. The molecule has 0 aromatic carbocycles. The Morgan fingerprint density at radius 2 is 1.94 bits per heavy atom. The van der Waals surface area contributed by atoms with Crippen molar-refractivity contribution < 1.29 is 4.79 Å². The van der Waals surface area contributed by atoms with Crippen LogP contribution in [-0.4, -0.2) is 37.0 Å². The van der Waals surface area contributed by atoms with Gasteiger partial charge in [0, 0.05) is 19.0 Å². The van der Waals surface area contributed by atoms with Gasteiger partial charge in [-0.05, 0) is 37.8 Å². The van der Waals surface area contributed by atoms with Gasteiger partial charge < -0.3 is 10.2 Å². The highest BCUT2D eigenvalue weighted by molar-refractivity contribution is 5.79. The lowest BCUT2D eigenvalue weighted by molar-refractivity contribution is -0.139. The van der Waals surface area contributed by atoms with E-state index in [9.17, 15) is 4.79 Å². The number of carbonyl (C=O) groups is 1. The molecule has 1 saturated carbocycles. The molecule has 1 saturated heterocycles. The number of carbonyl (C=O) groups excluding carboxylic acids is 1. The summed E-state index contributed by atoms with van der Waals surface area (Å²) in [5, 5.41) is 3.25. The summed E-state index contributed by atoms with van der Waals surface area (Å²) in [5.41, 5.74) is 0. The zero-order valence-corrected chi connectivity index (χ0v) is 11.4. The molecule has 0 aromatic rings. The number of amides is 1. The molecule has 3 unspecified atom stereocenters. The molecule has 1 amide bonds. The molecular weight excluding hydrogens is 212 g/mol. The van der Waals surface area contributed by atoms with Gasteiger partial charge in [-0.2, -0.15) is 0 Å². The zero-order valence-electron chi connectivity index (χ0n) is 11.4. The first-order chi connectivity index (χ1) is 8.11. The third kappa shape index (κ3) is 2.65. The molecule has 0 spiro atoms. The molecule has 2 aliphatic rings. The Bertz CT molecular complexity index is 275. The normalized spacial score (nSPS) is 31.7. The summed E-state index contributed by atoms with van der Waals surface area (Å²) in [4.78, 5) is 14.5. The molecule has 3 heteroatoms. The second kappa shape index (κ2) is 5.38. The van der Waals surface area contributed by atoms with Gasteiger partial charge in [0.25, 0.3) is 0 Å². The van der Waals surface area contributed by atoms with E-state index in [2.05, 4.69) is 19.2 Å². The van der Waals surface area contributed by atoms with Crippen LogP contribution in [0.2, 0.25) is 0 Å². The molecule has 17 heavy (non-hydrogen) atoms. The lowest BCUT2D eigenvalue weighted by Crippen LogP contribution is -2.52. The summed E-state index contributed by atoms with van der Waals surface area (Å²) < 4.78 is 0. The van der Waals surface area contributed by atoms with E-state index in [0.29, 0.717) is 23.8 Å². The van der Waals surface area contributed by atoms with Gasteiger partial charge in [-0.15, -0.1) is 0 Å². The SMILES string of the molecule is CC1CCCCC1N(C)C(=O)C(C)C1CNC1. The number of rotatable bonds is 3. The number of hydrogen-bond donors (Lipinski definition) is 1. The molecule has 98 valence electrons. The monoisotopic (exact) mass is 238 g/mol. The van der Waals surface area contributed by atoms with E-state index in [1.54, 1.807) is 0 Å². The topological polar surface area (TPSA) is 32.3 Å². The largest absolute Gasteiger partial charge is 0.342 e. The van der Waals surface area contributed by atoms with Gasteiger partial charge in [-0.3, -0.25) is 4.79 Å². The van der Waals surface area contributed by atoms with E-state index in [-0.39, 0.29) is 5.92 Å². The van der Waals surface area contributed by atoms with Crippen molar-refractivity contribution >= 4 is 5.91 Å².